The van der Waals surface area contributed by atoms with Crippen LogP contribution in [0.5, 0.6) is 0 Å². The minimum absolute atomic E-state index is 0.259. The maximum absolute atomic E-state index is 5.98. The van der Waals surface area contributed by atoms with Crippen molar-refractivity contribution in [2.24, 2.45) is 0 Å². The van der Waals surface area contributed by atoms with Crippen LogP contribution in [0.2, 0.25) is 0 Å². The highest BCUT2D eigenvalue weighted by molar-refractivity contribution is 7.15. The summed E-state index contributed by atoms with van der Waals surface area (Å²) in [4.78, 5) is 16.7. The molecule has 1 aliphatic heterocycles. The van der Waals surface area contributed by atoms with Crippen molar-refractivity contribution in [1.29, 1.82) is 0 Å². The van der Waals surface area contributed by atoms with E-state index in [1.165, 1.54) is 5.69 Å². The van der Waals surface area contributed by atoms with Gasteiger partial charge in [-0.1, -0.05) is 0 Å². The molecule has 3 aromatic heterocycles. The van der Waals surface area contributed by atoms with Crippen LogP contribution < -0.4 is 0 Å². The molecule has 0 unspecified atom stereocenters. The van der Waals surface area contributed by atoms with Gasteiger partial charge in [0.1, 0.15) is 6.33 Å². The molecule has 4 heterocycles. The zero-order valence-corrected chi connectivity index (χ0v) is 15.5. The number of fused-ring (bicyclic) bond motifs is 1. The van der Waals surface area contributed by atoms with Gasteiger partial charge in [-0.2, -0.15) is 0 Å². The molecule has 1 atom stereocenters. The molecule has 3 aromatic rings. The maximum atomic E-state index is 5.98. The van der Waals surface area contributed by atoms with Crippen LogP contribution >= 0.6 is 11.3 Å². The SMILES string of the molecule is Cc1cc(CC[C@@H]2CN(Cc3c(C)nc4sccn34)CCO2)ncn1. The normalized spacial score (nSPS) is 18.9. The van der Waals surface area contributed by atoms with Gasteiger partial charge in [0, 0.05) is 42.6 Å². The quantitative estimate of drug-likeness (QED) is 0.703. The second-order valence-corrected chi connectivity index (χ2v) is 7.49. The fourth-order valence-corrected chi connectivity index (χ4v) is 4.18. The van der Waals surface area contributed by atoms with Crippen LogP contribution in [0.3, 0.4) is 0 Å². The third kappa shape index (κ3) is 3.73. The van der Waals surface area contributed by atoms with Gasteiger partial charge in [-0.3, -0.25) is 9.30 Å². The van der Waals surface area contributed by atoms with Gasteiger partial charge in [0.05, 0.1) is 24.1 Å². The molecule has 25 heavy (non-hydrogen) atoms. The van der Waals surface area contributed by atoms with Gasteiger partial charge in [-0.25, -0.2) is 15.0 Å². The average molecular weight is 357 g/mol. The first-order chi connectivity index (χ1) is 12.2. The number of ether oxygens (including phenoxy) is 1. The Bertz CT molecular complexity index is 858. The lowest BCUT2D eigenvalue weighted by atomic mass is 10.1. The Morgan fingerprint density at radius 1 is 1.32 bits per heavy atom. The molecular formula is C18H23N5OS. The summed E-state index contributed by atoms with van der Waals surface area (Å²) in [7, 11) is 0. The number of imidazole rings is 1. The van der Waals surface area contributed by atoms with Gasteiger partial charge in [-0.05, 0) is 32.8 Å². The molecule has 6 nitrogen and oxygen atoms in total. The fourth-order valence-electron chi connectivity index (χ4n) is 3.40. The molecule has 0 radical (unpaired) electrons. The van der Waals surface area contributed by atoms with Crippen LogP contribution in [0, 0.1) is 13.8 Å². The number of hydrogen-bond donors (Lipinski definition) is 0. The molecule has 1 saturated heterocycles. The van der Waals surface area contributed by atoms with Crippen molar-refractivity contribution >= 4 is 16.3 Å². The first kappa shape index (κ1) is 16.6. The highest BCUT2D eigenvalue weighted by Crippen LogP contribution is 2.20. The fraction of sp³-hybridized carbons (Fsp3) is 0.500. The van der Waals surface area contributed by atoms with Crippen molar-refractivity contribution in [1.82, 2.24) is 24.3 Å². The second kappa shape index (κ2) is 7.19. The smallest absolute Gasteiger partial charge is 0.194 e. The second-order valence-electron chi connectivity index (χ2n) is 6.62. The van der Waals surface area contributed by atoms with Gasteiger partial charge in [0.15, 0.2) is 4.96 Å². The molecule has 0 saturated carbocycles. The number of thiazole rings is 1. The lowest BCUT2D eigenvalue weighted by Crippen LogP contribution is -2.42. The van der Waals surface area contributed by atoms with E-state index >= 15 is 0 Å². The Kier molecular flexibility index (Phi) is 4.78. The Hall–Kier alpha value is -1.83. The third-order valence-corrected chi connectivity index (χ3v) is 5.50. The van der Waals surface area contributed by atoms with E-state index in [-0.39, 0.29) is 6.10 Å². The summed E-state index contributed by atoms with van der Waals surface area (Å²) in [6, 6.07) is 2.06. The summed E-state index contributed by atoms with van der Waals surface area (Å²) in [6.07, 6.45) is 5.95. The van der Waals surface area contributed by atoms with E-state index in [2.05, 4.69) is 48.8 Å². The number of aromatic nitrogens is 4. The van der Waals surface area contributed by atoms with E-state index in [0.717, 1.165) is 61.1 Å². The predicted octanol–water partition coefficient (Wildman–Crippen LogP) is 2.64. The van der Waals surface area contributed by atoms with Gasteiger partial charge in [0.2, 0.25) is 0 Å². The van der Waals surface area contributed by atoms with Crippen LogP contribution in [0.15, 0.2) is 24.0 Å². The Balaban J connectivity index is 1.37. The van der Waals surface area contributed by atoms with Crippen molar-refractivity contribution in [2.75, 3.05) is 19.7 Å². The van der Waals surface area contributed by atoms with Crippen molar-refractivity contribution in [3.63, 3.8) is 0 Å². The minimum Gasteiger partial charge on any atom is -0.376 e. The van der Waals surface area contributed by atoms with E-state index in [4.69, 9.17) is 4.74 Å². The Morgan fingerprint density at radius 2 is 2.24 bits per heavy atom. The van der Waals surface area contributed by atoms with E-state index in [9.17, 15) is 0 Å². The molecule has 0 N–H and O–H groups in total. The lowest BCUT2D eigenvalue weighted by molar-refractivity contribution is -0.0351. The molecular weight excluding hydrogens is 334 g/mol. The molecule has 1 aliphatic rings. The summed E-state index contributed by atoms with van der Waals surface area (Å²) >= 11 is 1.69. The topological polar surface area (TPSA) is 55.6 Å². The molecule has 0 amide bonds. The monoisotopic (exact) mass is 357 g/mol. The van der Waals surface area contributed by atoms with E-state index < -0.39 is 0 Å². The Labute approximate surface area is 151 Å². The van der Waals surface area contributed by atoms with Gasteiger partial charge in [-0.15, -0.1) is 11.3 Å². The van der Waals surface area contributed by atoms with Crippen LogP contribution in [-0.2, 0) is 17.7 Å². The number of rotatable bonds is 5. The summed E-state index contributed by atoms with van der Waals surface area (Å²) in [5, 5.41) is 2.09. The molecule has 4 rings (SSSR count). The minimum atomic E-state index is 0.259. The van der Waals surface area contributed by atoms with Crippen molar-refractivity contribution in [3.8, 4) is 0 Å². The number of hydrogen-bond acceptors (Lipinski definition) is 6. The maximum Gasteiger partial charge on any atom is 0.194 e. The zero-order valence-electron chi connectivity index (χ0n) is 14.7. The van der Waals surface area contributed by atoms with Gasteiger partial charge >= 0.3 is 0 Å². The average Bonchev–Trinajstić information content (AvgIpc) is 3.16. The molecule has 132 valence electrons. The highest BCUT2D eigenvalue weighted by atomic mass is 32.1. The van der Waals surface area contributed by atoms with Crippen molar-refractivity contribution in [2.45, 2.75) is 39.3 Å². The van der Waals surface area contributed by atoms with Crippen molar-refractivity contribution < 1.29 is 4.74 Å². The first-order valence-electron chi connectivity index (χ1n) is 8.71. The van der Waals surface area contributed by atoms with E-state index in [1.54, 1.807) is 17.7 Å². The molecule has 0 spiro atoms. The molecule has 0 bridgehead atoms. The van der Waals surface area contributed by atoms with E-state index in [1.807, 2.05) is 6.92 Å². The largest absolute Gasteiger partial charge is 0.376 e. The lowest BCUT2D eigenvalue weighted by Gasteiger charge is -2.32. The van der Waals surface area contributed by atoms with Gasteiger partial charge in [0.25, 0.3) is 0 Å². The zero-order chi connectivity index (χ0) is 17.2. The van der Waals surface area contributed by atoms with Crippen LogP contribution in [-0.4, -0.2) is 50.1 Å². The van der Waals surface area contributed by atoms with Crippen LogP contribution in [0.1, 0.15) is 29.2 Å². The van der Waals surface area contributed by atoms with E-state index in [0.29, 0.717) is 0 Å². The number of morpholine rings is 1. The molecule has 7 heteroatoms. The predicted molar refractivity (Wildman–Crippen MR) is 97.9 cm³/mol. The summed E-state index contributed by atoms with van der Waals surface area (Å²) < 4.78 is 8.19. The molecule has 1 fully saturated rings. The van der Waals surface area contributed by atoms with Crippen molar-refractivity contribution in [3.05, 3.63) is 46.7 Å². The molecule has 0 aromatic carbocycles. The summed E-state index contributed by atoms with van der Waals surface area (Å²) in [5.41, 5.74) is 4.54. The standard InChI is InChI=1S/C18H23N5OS/c1-13-9-15(20-12-19-13)3-4-16-10-22(5-7-24-16)11-17-14(2)21-18-23(17)6-8-25-18/h6,8-9,12,16H,3-5,7,10-11H2,1-2H3/t16-/m1/s1. The van der Waals surface area contributed by atoms with Crippen LogP contribution in [0.4, 0.5) is 0 Å². The third-order valence-electron chi connectivity index (χ3n) is 4.74. The van der Waals surface area contributed by atoms with Gasteiger partial charge < -0.3 is 4.74 Å². The number of nitrogens with zero attached hydrogens (tertiary/aromatic N) is 5. The summed E-state index contributed by atoms with van der Waals surface area (Å²) in [6.45, 7) is 7.75. The van der Waals surface area contributed by atoms with Crippen LogP contribution in [0.25, 0.3) is 4.96 Å². The summed E-state index contributed by atoms with van der Waals surface area (Å²) in [5.74, 6) is 0. The first-order valence-corrected chi connectivity index (χ1v) is 9.59. The highest BCUT2D eigenvalue weighted by Gasteiger charge is 2.22. The number of aryl methyl sites for hydroxylation is 3. The molecule has 0 aliphatic carbocycles. The Morgan fingerprint density at radius 3 is 3.12 bits per heavy atom.